The van der Waals surface area contributed by atoms with Crippen molar-refractivity contribution in [3.8, 4) is 11.5 Å². The topological polar surface area (TPSA) is 77.5 Å². The molecule has 3 aromatic rings. The number of allylic oxidation sites excluding steroid dienone is 1. The highest BCUT2D eigenvalue weighted by molar-refractivity contribution is 6.31. The average Bonchev–Trinajstić information content (AvgIpc) is 2.80. The largest absolute Gasteiger partial charge is 0.488 e. The molecule has 0 spiro atoms. The minimum absolute atomic E-state index is 0.0287. The third-order valence-electron chi connectivity index (χ3n) is 5.13. The van der Waals surface area contributed by atoms with Gasteiger partial charge in [-0.1, -0.05) is 18.2 Å². The first-order valence-corrected chi connectivity index (χ1v) is 11.1. The standard InChI is InChI=1S/C24H26ClFN4O3/c1-15(2)27-7-10-32-22-13-21-18(12-23(22)33-17-5-8-31-9-6-17)24(29-14-28-21)30-16-3-4-20(26)19(25)11-16/h3-4,11-14,17,27H,1,5-10H2,2H3,(H,28,29,30). The molecule has 4 rings (SSSR count). The van der Waals surface area contributed by atoms with Gasteiger partial charge in [0.2, 0.25) is 0 Å². The Hall–Kier alpha value is -3.10. The van der Waals surface area contributed by atoms with Gasteiger partial charge in [0.05, 0.1) is 23.8 Å². The molecule has 2 aromatic carbocycles. The fraction of sp³-hybridized carbons (Fsp3) is 0.333. The summed E-state index contributed by atoms with van der Waals surface area (Å²) in [5, 5.41) is 7.11. The number of nitrogens with zero attached hydrogens (tertiary/aromatic N) is 2. The molecule has 33 heavy (non-hydrogen) atoms. The van der Waals surface area contributed by atoms with Crippen molar-refractivity contribution in [2.45, 2.75) is 25.9 Å². The smallest absolute Gasteiger partial charge is 0.163 e. The maximum Gasteiger partial charge on any atom is 0.163 e. The summed E-state index contributed by atoms with van der Waals surface area (Å²) >= 11 is 5.93. The zero-order valence-corrected chi connectivity index (χ0v) is 19.1. The minimum atomic E-state index is -0.482. The van der Waals surface area contributed by atoms with Crippen LogP contribution in [-0.4, -0.2) is 42.4 Å². The molecule has 1 fully saturated rings. The predicted octanol–water partition coefficient (Wildman–Crippen LogP) is 5.23. The molecule has 9 heteroatoms. The van der Waals surface area contributed by atoms with Crippen molar-refractivity contribution in [1.29, 1.82) is 0 Å². The molecule has 0 unspecified atom stereocenters. The summed E-state index contributed by atoms with van der Waals surface area (Å²) < 4.78 is 31.3. The van der Waals surface area contributed by atoms with E-state index in [1.54, 1.807) is 6.07 Å². The zero-order valence-electron chi connectivity index (χ0n) is 18.4. The Morgan fingerprint density at radius 3 is 2.79 bits per heavy atom. The van der Waals surface area contributed by atoms with Crippen LogP contribution in [0.15, 0.2) is 48.9 Å². The van der Waals surface area contributed by atoms with Gasteiger partial charge in [0, 0.05) is 42.2 Å². The third kappa shape index (κ3) is 6.03. The van der Waals surface area contributed by atoms with Gasteiger partial charge in [0.1, 0.15) is 30.7 Å². The minimum Gasteiger partial charge on any atom is -0.488 e. The van der Waals surface area contributed by atoms with Crippen LogP contribution >= 0.6 is 11.6 Å². The number of anilines is 2. The van der Waals surface area contributed by atoms with Crippen molar-refractivity contribution in [1.82, 2.24) is 15.3 Å². The first-order chi connectivity index (χ1) is 16.0. The number of rotatable bonds is 9. The highest BCUT2D eigenvalue weighted by Crippen LogP contribution is 2.36. The third-order valence-corrected chi connectivity index (χ3v) is 5.42. The van der Waals surface area contributed by atoms with Gasteiger partial charge in [0.15, 0.2) is 11.5 Å². The zero-order chi connectivity index (χ0) is 23.2. The van der Waals surface area contributed by atoms with Crippen LogP contribution < -0.4 is 20.1 Å². The molecule has 1 aromatic heterocycles. The predicted molar refractivity (Wildman–Crippen MR) is 127 cm³/mol. The molecule has 1 saturated heterocycles. The fourth-order valence-corrected chi connectivity index (χ4v) is 3.66. The Morgan fingerprint density at radius 2 is 2.03 bits per heavy atom. The summed E-state index contributed by atoms with van der Waals surface area (Å²) in [6.45, 7) is 8.12. The lowest BCUT2D eigenvalue weighted by Crippen LogP contribution is -2.26. The number of halogens is 2. The molecule has 0 radical (unpaired) electrons. The van der Waals surface area contributed by atoms with Gasteiger partial charge >= 0.3 is 0 Å². The van der Waals surface area contributed by atoms with E-state index in [0.29, 0.717) is 54.9 Å². The molecule has 0 aliphatic carbocycles. The van der Waals surface area contributed by atoms with Gasteiger partial charge in [-0.2, -0.15) is 0 Å². The van der Waals surface area contributed by atoms with E-state index in [1.165, 1.54) is 18.5 Å². The summed E-state index contributed by atoms with van der Waals surface area (Å²) in [4.78, 5) is 8.77. The average molecular weight is 473 g/mol. The van der Waals surface area contributed by atoms with Crippen molar-refractivity contribution >= 4 is 34.0 Å². The normalized spacial score (nSPS) is 14.2. The molecule has 7 nitrogen and oxygen atoms in total. The molecular formula is C24H26ClFN4O3. The molecule has 2 N–H and O–H groups in total. The Labute approximate surface area is 196 Å². The van der Waals surface area contributed by atoms with Crippen molar-refractivity contribution in [2.75, 3.05) is 31.7 Å². The second kappa shape index (κ2) is 10.7. The fourth-order valence-electron chi connectivity index (χ4n) is 3.48. The van der Waals surface area contributed by atoms with E-state index in [1.807, 2.05) is 19.1 Å². The lowest BCUT2D eigenvalue weighted by Gasteiger charge is -2.25. The lowest BCUT2D eigenvalue weighted by molar-refractivity contribution is 0.0243. The molecule has 0 bridgehead atoms. The van der Waals surface area contributed by atoms with Crippen molar-refractivity contribution in [2.24, 2.45) is 0 Å². The van der Waals surface area contributed by atoms with Crippen LogP contribution in [0.4, 0.5) is 15.9 Å². The molecule has 174 valence electrons. The molecule has 1 aliphatic rings. The van der Waals surface area contributed by atoms with E-state index < -0.39 is 5.82 Å². The van der Waals surface area contributed by atoms with Gasteiger partial charge < -0.3 is 24.8 Å². The molecule has 1 aliphatic heterocycles. The van der Waals surface area contributed by atoms with Crippen molar-refractivity contribution in [3.05, 3.63) is 59.8 Å². The summed E-state index contributed by atoms with van der Waals surface area (Å²) in [6.07, 6.45) is 3.10. The Morgan fingerprint density at radius 1 is 1.21 bits per heavy atom. The summed E-state index contributed by atoms with van der Waals surface area (Å²) in [7, 11) is 0. The monoisotopic (exact) mass is 472 g/mol. The number of nitrogens with one attached hydrogen (secondary N) is 2. The number of aromatic nitrogens is 2. The molecule has 2 heterocycles. The molecule has 0 saturated carbocycles. The van der Waals surface area contributed by atoms with Gasteiger partial charge in [-0.05, 0) is 31.2 Å². The van der Waals surface area contributed by atoms with Gasteiger partial charge in [-0.15, -0.1) is 0 Å². The van der Waals surface area contributed by atoms with E-state index in [0.717, 1.165) is 23.9 Å². The maximum atomic E-state index is 13.5. The highest BCUT2D eigenvalue weighted by Gasteiger charge is 2.19. The molecule has 0 amide bonds. The van der Waals surface area contributed by atoms with Gasteiger partial charge in [-0.3, -0.25) is 0 Å². The van der Waals surface area contributed by atoms with E-state index in [-0.39, 0.29) is 11.1 Å². The van der Waals surface area contributed by atoms with Crippen LogP contribution in [0.2, 0.25) is 5.02 Å². The van der Waals surface area contributed by atoms with Crippen LogP contribution in [0.3, 0.4) is 0 Å². The molecular weight excluding hydrogens is 447 g/mol. The van der Waals surface area contributed by atoms with Gasteiger partial charge in [-0.25, -0.2) is 14.4 Å². The SMILES string of the molecule is C=C(C)NCCOc1cc2ncnc(Nc3ccc(F)c(Cl)c3)c2cc1OC1CCOCC1. The van der Waals surface area contributed by atoms with E-state index in [4.69, 9.17) is 25.8 Å². The van der Waals surface area contributed by atoms with E-state index >= 15 is 0 Å². The maximum absolute atomic E-state index is 13.5. The Bertz CT molecular complexity index is 1140. The summed E-state index contributed by atoms with van der Waals surface area (Å²) in [5.41, 5.74) is 2.17. The quantitative estimate of drug-likeness (QED) is 0.413. The first-order valence-electron chi connectivity index (χ1n) is 10.8. The number of benzene rings is 2. The van der Waals surface area contributed by atoms with Crippen LogP contribution in [-0.2, 0) is 4.74 Å². The van der Waals surface area contributed by atoms with Crippen LogP contribution in [0.1, 0.15) is 19.8 Å². The number of ether oxygens (including phenoxy) is 3. The first kappa shape index (κ1) is 23.1. The number of fused-ring (bicyclic) bond motifs is 1. The van der Waals surface area contributed by atoms with Crippen LogP contribution in [0.5, 0.6) is 11.5 Å². The number of hydrogen-bond acceptors (Lipinski definition) is 7. The second-order valence-corrected chi connectivity index (χ2v) is 8.18. The number of hydrogen-bond donors (Lipinski definition) is 2. The van der Waals surface area contributed by atoms with Crippen LogP contribution in [0.25, 0.3) is 10.9 Å². The molecule has 0 atom stereocenters. The highest BCUT2D eigenvalue weighted by atomic mass is 35.5. The summed E-state index contributed by atoms with van der Waals surface area (Å²) in [5.74, 6) is 1.28. The summed E-state index contributed by atoms with van der Waals surface area (Å²) in [6, 6.07) is 8.13. The lowest BCUT2D eigenvalue weighted by atomic mass is 10.1. The van der Waals surface area contributed by atoms with Crippen molar-refractivity contribution in [3.63, 3.8) is 0 Å². The van der Waals surface area contributed by atoms with Crippen molar-refractivity contribution < 1.29 is 18.6 Å². The van der Waals surface area contributed by atoms with Crippen LogP contribution in [0, 0.1) is 5.82 Å². The second-order valence-electron chi connectivity index (χ2n) is 7.78. The van der Waals surface area contributed by atoms with E-state index in [2.05, 4.69) is 27.2 Å². The Kier molecular flexibility index (Phi) is 7.47. The van der Waals surface area contributed by atoms with Gasteiger partial charge in [0.25, 0.3) is 0 Å². The Balaban J connectivity index is 1.65. The van der Waals surface area contributed by atoms with E-state index in [9.17, 15) is 4.39 Å².